The van der Waals surface area contributed by atoms with Crippen LogP contribution in [-0.2, 0) is 51.1 Å². The number of aliphatic hydroxyl groups is 2. The van der Waals surface area contributed by atoms with Crippen LogP contribution < -0.4 is 11.4 Å². The molecule has 0 saturated carbocycles. The van der Waals surface area contributed by atoms with Crippen LogP contribution >= 0.6 is 15.6 Å². The number of aliphatic hydroxyl groups excluding tert-OH is 2. The van der Waals surface area contributed by atoms with E-state index < -0.39 is 83.7 Å². The monoisotopic (exact) mass is 935 g/mol. The largest absolute Gasteiger partial charge is 0.481 e. The fraction of sp³-hybridized carbons (Fsp3) is 0.738. The third-order valence-electron chi connectivity index (χ3n) is 9.94. The van der Waals surface area contributed by atoms with E-state index in [0.29, 0.717) is 38.0 Å². The first-order valence-corrected chi connectivity index (χ1v) is 25.2. The lowest BCUT2D eigenvalue weighted by molar-refractivity contribution is -0.161. The highest BCUT2D eigenvalue weighted by Gasteiger charge is 2.46. The zero-order valence-electron chi connectivity index (χ0n) is 37.0. The smallest absolute Gasteiger partial charge is 0.462 e. The van der Waals surface area contributed by atoms with Gasteiger partial charge in [0.2, 0.25) is 0 Å². The van der Waals surface area contributed by atoms with E-state index >= 15 is 0 Å². The maximum atomic E-state index is 12.8. The van der Waals surface area contributed by atoms with Crippen molar-refractivity contribution in [1.82, 2.24) is 9.55 Å². The molecule has 6 N–H and O–H groups in total. The maximum absolute atomic E-state index is 12.8. The van der Waals surface area contributed by atoms with E-state index in [2.05, 4.69) is 36.1 Å². The Hall–Kier alpha value is -3.09. The van der Waals surface area contributed by atoms with Gasteiger partial charge in [-0.05, 0) is 50.2 Å². The highest BCUT2D eigenvalue weighted by atomic mass is 31.3. The van der Waals surface area contributed by atoms with Crippen LogP contribution in [0.15, 0.2) is 41.4 Å². The van der Waals surface area contributed by atoms with Gasteiger partial charge in [-0.3, -0.25) is 28.0 Å². The lowest BCUT2D eigenvalue weighted by atomic mass is 10.0. The van der Waals surface area contributed by atoms with E-state index in [-0.39, 0.29) is 24.4 Å². The number of phosphoric ester groups is 2. The average molecular weight is 936 g/mol. The molecule has 1 aliphatic rings. The van der Waals surface area contributed by atoms with Crippen LogP contribution in [0.4, 0.5) is 5.82 Å². The van der Waals surface area contributed by atoms with Crippen LogP contribution in [0, 0.1) is 5.92 Å². The summed E-state index contributed by atoms with van der Waals surface area (Å²) in [6.07, 6.45) is 15.8. The second-order valence-corrected chi connectivity index (χ2v) is 19.1. The Kier molecular flexibility index (Phi) is 27.5. The lowest BCUT2D eigenvalue weighted by Gasteiger charge is -2.21. The molecule has 21 heteroatoms. The number of ether oxygens (including phenoxy) is 3. The number of rotatable bonds is 35. The van der Waals surface area contributed by atoms with Gasteiger partial charge in [-0.15, -0.1) is 0 Å². The Balaban J connectivity index is 1.86. The molecule has 0 radical (unpaired) electrons. The first-order chi connectivity index (χ1) is 29.9. The number of ketones is 1. The SMILES string of the molecule is CCCCC/C=C\C=C\C(=O)CCCCCCCC(=O)O[C@H](COC(=O)CCCCCCCCC(C)C)COP(=O)(O)OP(=O)(O)OC[C@H]1O[C@@H](n2ccc(N)nc2=O)[C@H](O)[C@@H]1O. The van der Waals surface area contributed by atoms with Crippen molar-refractivity contribution in [3.05, 3.63) is 47.1 Å². The Morgan fingerprint density at radius 1 is 0.841 bits per heavy atom. The van der Waals surface area contributed by atoms with E-state index in [1.54, 1.807) is 12.2 Å². The summed E-state index contributed by atoms with van der Waals surface area (Å²) in [6, 6.07) is 1.24. The molecule has 2 rings (SSSR count). The second kappa shape index (κ2) is 30.9. The molecule has 63 heavy (non-hydrogen) atoms. The topological polar surface area (TPSA) is 283 Å². The summed E-state index contributed by atoms with van der Waals surface area (Å²) < 4.78 is 56.4. The molecule has 0 aromatic carbocycles. The summed E-state index contributed by atoms with van der Waals surface area (Å²) in [7, 11) is -10.9. The van der Waals surface area contributed by atoms with E-state index in [9.17, 15) is 48.3 Å². The van der Waals surface area contributed by atoms with E-state index in [0.717, 1.165) is 75.0 Å². The third-order valence-corrected chi connectivity index (χ3v) is 12.5. The summed E-state index contributed by atoms with van der Waals surface area (Å²) in [6.45, 7) is 4.13. The van der Waals surface area contributed by atoms with Gasteiger partial charge in [0.1, 0.15) is 30.7 Å². The quantitative estimate of drug-likeness (QED) is 0.0152. The minimum absolute atomic E-state index is 0.0328. The van der Waals surface area contributed by atoms with Gasteiger partial charge >= 0.3 is 33.3 Å². The van der Waals surface area contributed by atoms with Crippen molar-refractivity contribution in [2.45, 2.75) is 173 Å². The first-order valence-electron chi connectivity index (χ1n) is 22.2. The highest BCUT2D eigenvalue weighted by molar-refractivity contribution is 7.61. The molecule has 2 unspecified atom stereocenters. The minimum Gasteiger partial charge on any atom is -0.462 e. The zero-order chi connectivity index (χ0) is 46.7. The zero-order valence-corrected chi connectivity index (χ0v) is 38.8. The number of esters is 2. The number of anilines is 1. The van der Waals surface area contributed by atoms with E-state index in [1.807, 2.05) is 6.08 Å². The Labute approximate surface area is 371 Å². The fourth-order valence-corrected chi connectivity index (χ4v) is 8.53. The number of hydrogen-bond acceptors (Lipinski definition) is 16. The molecule has 1 aliphatic heterocycles. The van der Waals surface area contributed by atoms with Crippen LogP contribution in [0.25, 0.3) is 0 Å². The van der Waals surface area contributed by atoms with Crippen molar-refractivity contribution in [3.8, 4) is 0 Å². The molecular formula is C42H71N3O16P2. The maximum Gasteiger partial charge on any atom is 0.481 e. The number of unbranched alkanes of at least 4 members (excludes halogenated alkanes) is 12. The molecular weight excluding hydrogens is 864 g/mol. The Morgan fingerprint density at radius 3 is 2.11 bits per heavy atom. The van der Waals surface area contributed by atoms with Gasteiger partial charge in [0, 0.05) is 25.5 Å². The standard InChI is InChI=1S/C42H71N3O16P2/c1-4-5-6-7-8-13-18-23-33(46)24-19-14-11-16-21-26-38(48)59-34(29-56-37(47)25-20-15-10-9-12-17-22-32(2)3)30-57-62(52,53)61-63(54,55)58-31-35-39(49)40(50)41(60-35)45-28-27-36(43)44-42(45)51/h8,13,18,23,27-28,32,34-35,39-41,49-50H,4-7,9-12,14-17,19-22,24-26,29-31H2,1-3H3,(H,52,53)(H,54,55)(H2,43,44,51)/b13-8-,23-18+/t34-,35-,39-,40-,41-/m1/s1. The molecule has 360 valence electrons. The van der Waals surface area contributed by atoms with Crippen molar-refractivity contribution in [3.63, 3.8) is 0 Å². The number of carbonyl (C=O) groups is 3. The number of allylic oxidation sites excluding steroid dienone is 4. The van der Waals surface area contributed by atoms with Gasteiger partial charge < -0.3 is 39.9 Å². The number of aromatic nitrogens is 2. The van der Waals surface area contributed by atoms with Gasteiger partial charge in [0.25, 0.3) is 0 Å². The van der Waals surface area contributed by atoms with Gasteiger partial charge in [-0.25, -0.2) is 13.9 Å². The average Bonchev–Trinajstić information content (AvgIpc) is 3.49. The molecule has 2 heterocycles. The van der Waals surface area contributed by atoms with Crippen LogP contribution in [0.2, 0.25) is 0 Å². The molecule has 0 bridgehead atoms. The molecule has 1 fully saturated rings. The van der Waals surface area contributed by atoms with Gasteiger partial charge in [-0.1, -0.05) is 110 Å². The van der Waals surface area contributed by atoms with Crippen LogP contribution in [0.1, 0.15) is 149 Å². The molecule has 0 aliphatic carbocycles. The van der Waals surface area contributed by atoms with Crippen molar-refractivity contribution in [1.29, 1.82) is 0 Å². The number of hydrogen-bond donors (Lipinski definition) is 5. The van der Waals surface area contributed by atoms with Gasteiger partial charge in [-0.2, -0.15) is 9.29 Å². The predicted octanol–water partition coefficient (Wildman–Crippen LogP) is 6.92. The third kappa shape index (κ3) is 25.3. The number of nitrogen functional groups attached to an aromatic ring is 1. The summed E-state index contributed by atoms with van der Waals surface area (Å²) in [5, 5.41) is 20.8. The fourth-order valence-electron chi connectivity index (χ4n) is 6.42. The van der Waals surface area contributed by atoms with Crippen LogP contribution in [0.5, 0.6) is 0 Å². The van der Waals surface area contributed by atoms with Crippen molar-refractivity contribution < 1.29 is 71.1 Å². The van der Waals surface area contributed by atoms with Crippen molar-refractivity contribution in [2.75, 3.05) is 25.6 Å². The summed E-state index contributed by atoms with van der Waals surface area (Å²) in [5.41, 5.74) is 4.56. The Morgan fingerprint density at radius 2 is 1.46 bits per heavy atom. The number of phosphoric acid groups is 2. The predicted molar refractivity (Wildman–Crippen MR) is 234 cm³/mol. The van der Waals surface area contributed by atoms with E-state index in [1.165, 1.54) is 18.9 Å². The molecule has 1 aromatic rings. The molecule has 0 spiro atoms. The molecule has 19 nitrogen and oxygen atoms in total. The first kappa shape index (κ1) is 56.0. The van der Waals surface area contributed by atoms with Crippen molar-refractivity contribution >= 4 is 39.2 Å². The summed E-state index contributed by atoms with van der Waals surface area (Å²) in [5.74, 6) is -0.692. The molecule has 1 aromatic heterocycles. The Bertz CT molecular complexity index is 1720. The van der Waals surface area contributed by atoms with Crippen LogP contribution in [-0.4, -0.2) is 91.5 Å². The number of nitrogens with zero attached hydrogens (tertiary/aromatic N) is 2. The van der Waals surface area contributed by atoms with Crippen LogP contribution in [0.3, 0.4) is 0 Å². The highest BCUT2D eigenvalue weighted by Crippen LogP contribution is 2.60. The summed E-state index contributed by atoms with van der Waals surface area (Å²) in [4.78, 5) is 73.6. The number of nitrogens with two attached hydrogens (primary N) is 1. The van der Waals surface area contributed by atoms with E-state index in [4.69, 9.17) is 29.0 Å². The summed E-state index contributed by atoms with van der Waals surface area (Å²) >= 11 is 0. The molecule has 1 saturated heterocycles. The minimum atomic E-state index is -5.44. The van der Waals surface area contributed by atoms with Gasteiger partial charge in [0.15, 0.2) is 18.1 Å². The van der Waals surface area contributed by atoms with Crippen molar-refractivity contribution in [2.24, 2.45) is 5.92 Å². The normalized spacial score (nSPS) is 20.3. The number of carbonyl (C=O) groups excluding carboxylic acids is 3. The second-order valence-electron chi connectivity index (χ2n) is 16.1. The molecule has 7 atom stereocenters. The lowest BCUT2D eigenvalue weighted by Crippen LogP contribution is -2.36. The molecule has 0 amide bonds. The van der Waals surface area contributed by atoms with Gasteiger partial charge in [0.05, 0.1) is 13.2 Å².